The SMILES string of the molecule is CCC1CC1(N)c1ccncc1. The maximum atomic E-state index is 6.19. The van der Waals surface area contributed by atoms with E-state index in [-0.39, 0.29) is 5.54 Å². The molecular weight excluding hydrogens is 148 g/mol. The van der Waals surface area contributed by atoms with Gasteiger partial charge in [-0.3, -0.25) is 4.98 Å². The molecule has 0 saturated heterocycles. The summed E-state index contributed by atoms with van der Waals surface area (Å²) in [6, 6.07) is 4.05. The largest absolute Gasteiger partial charge is 0.321 e. The summed E-state index contributed by atoms with van der Waals surface area (Å²) in [5.41, 5.74) is 7.40. The van der Waals surface area contributed by atoms with E-state index in [2.05, 4.69) is 11.9 Å². The fourth-order valence-electron chi connectivity index (χ4n) is 1.87. The summed E-state index contributed by atoms with van der Waals surface area (Å²) in [5, 5.41) is 0. The second kappa shape index (κ2) is 2.56. The molecule has 1 heterocycles. The standard InChI is InChI=1S/C10H14N2/c1-2-8-7-10(8,11)9-3-5-12-6-4-9/h3-6,8H,2,7,11H2,1H3. The van der Waals surface area contributed by atoms with E-state index >= 15 is 0 Å². The monoisotopic (exact) mass is 162 g/mol. The first-order valence-electron chi connectivity index (χ1n) is 4.46. The van der Waals surface area contributed by atoms with E-state index in [4.69, 9.17) is 5.73 Å². The zero-order valence-corrected chi connectivity index (χ0v) is 7.33. The second-order valence-corrected chi connectivity index (χ2v) is 3.59. The fraction of sp³-hybridized carbons (Fsp3) is 0.500. The highest BCUT2D eigenvalue weighted by molar-refractivity contribution is 5.29. The van der Waals surface area contributed by atoms with Gasteiger partial charge in [0.1, 0.15) is 0 Å². The van der Waals surface area contributed by atoms with E-state index in [9.17, 15) is 0 Å². The molecule has 2 atom stereocenters. The zero-order chi connectivity index (χ0) is 8.60. The van der Waals surface area contributed by atoms with Crippen molar-refractivity contribution in [3.63, 3.8) is 0 Å². The van der Waals surface area contributed by atoms with Crippen LogP contribution in [-0.4, -0.2) is 4.98 Å². The quantitative estimate of drug-likeness (QED) is 0.718. The van der Waals surface area contributed by atoms with Crippen molar-refractivity contribution in [2.45, 2.75) is 25.3 Å². The normalized spacial score (nSPS) is 33.3. The lowest BCUT2D eigenvalue weighted by Crippen LogP contribution is -2.21. The van der Waals surface area contributed by atoms with E-state index in [1.807, 2.05) is 24.5 Å². The highest BCUT2D eigenvalue weighted by Crippen LogP contribution is 2.51. The van der Waals surface area contributed by atoms with Crippen LogP contribution in [0.2, 0.25) is 0 Å². The van der Waals surface area contributed by atoms with Crippen LogP contribution in [0.4, 0.5) is 0 Å². The lowest BCUT2D eigenvalue weighted by Gasteiger charge is -2.10. The number of aromatic nitrogens is 1. The van der Waals surface area contributed by atoms with Crippen molar-refractivity contribution in [2.75, 3.05) is 0 Å². The molecule has 1 saturated carbocycles. The Bertz CT molecular complexity index is 270. The Balaban J connectivity index is 2.23. The molecule has 2 rings (SSSR count). The minimum absolute atomic E-state index is 0.0301. The van der Waals surface area contributed by atoms with Crippen LogP contribution in [0.3, 0.4) is 0 Å². The summed E-state index contributed by atoms with van der Waals surface area (Å²) in [4.78, 5) is 3.98. The Labute approximate surface area is 72.8 Å². The third-order valence-corrected chi connectivity index (χ3v) is 2.86. The lowest BCUT2D eigenvalue weighted by molar-refractivity contribution is 0.614. The van der Waals surface area contributed by atoms with Crippen molar-refractivity contribution in [2.24, 2.45) is 11.7 Å². The minimum Gasteiger partial charge on any atom is -0.321 e. The second-order valence-electron chi connectivity index (χ2n) is 3.59. The van der Waals surface area contributed by atoms with Gasteiger partial charge < -0.3 is 5.73 Å². The van der Waals surface area contributed by atoms with Crippen LogP contribution in [0.1, 0.15) is 25.3 Å². The third-order valence-electron chi connectivity index (χ3n) is 2.86. The third kappa shape index (κ3) is 1.03. The smallest absolute Gasteiger partial charge is 0.0443 e. The fourth-order valence-corrected chi connectivity index (χ4v) is 1.87. The molecule has 0 radical (unpaired) electrons. The molecule has 0 aromatic carbocycles. The molecule has 0 amide bonds. The maximum Gasteiger partial charge on any atom is 0.0443 e. The minimum atomic E-state index is -0.0301. The number of pyridine rings is 1. The van der Waals surface area contributed by atoms with Crippen LogP contribution in [0.25, 0.3) is 0 Å². The van der Waals surface area contributed by atoms with Gasteiger partial charge in [0.05, 0.1) is 0 Å². The van der Waals surface area contributed by atoms with Crippen molar-refractivity contribution in [3.05, 3.63) is 30.1 Å². The van der Waals surface area contributed by atoms with Crippen LogP contribution >= 0.6 is 0 Å². The van der Waals surface area contributed by atoms with E-state index < -0.39 is 0 Å². The summed E-state index contributed by atoms with van der Waals surface area (Å²) < 4.78 is 0. The van der Waals surface area contributed by atoms with Crippen LogP contribution in [0.5, 0.6) is 0 Å². The average molecular weight is 162 g/mol. The van der Waals surface area contributed by atoms with Gasteiger partial charge in [-0.15, -0.1) is 0 Å². The summed E-state index contributed by atoms with van der Waals surface area (Å²) in [6.45, 7) is 2.19. The molecule has 2 heteroatoms. The molecule has 0 bridgehead atoms. The molecule has 64 valence electrons. The molecule has 0 spiro atoms. The Hall–Kier alpha value is -0.890. The molecule has 1 aromatic rings. The van der Waals surface area contributed by atoms with Crippen molar-refractivity contribution < 1.29 is 0 Å². The maximum absolute atomic E-state index is 6.19. The van der Waals surface area contributed by atoms with E-state index in [1.165, 1.54) is 12.0 Å². The predicted molar refractivity (Wildman–Crippen MR) is 48.5 cm³/mol. The first kappa shape index (κ1) is 7.74. The molecule has 1 aliphatic carbocycles. The van der Waals surface area contributed by atoms with Gasteiger partial charge in [-0.25, -0.2) is 0 Å². The zero-order valence-electron chi connectivity index (χ0n) is 7.33. The van der Waals surface area contributed by atoms with Gasteiger partial charge in [0.15, 0.2) is 0 Å². The van der Waals surface area contributed by atoms with Gasteiger partial charge in [-0.1, -0.05) is 13.3 Å². The Morgan fingerprint density at radius 3 is 2.75 bits per heavy atom. The van der Waals surface area contributed by atoms with Gasteiger partial charge >= 0.3 is 0 Å². The average Bonchev–Trinajstić information content (AvgIpc) is 2.81. The molecule has 0 aliphatic heterocycles. The van der Waals surface area contributed by atoms with Crippen molar-refractivity contribution in [1.82, 2.24) is 4.98 Å². The number of hydrogen-bond acceptors (Lipinski definition) is 2. The molecule has 2 unspecified atom stereocenters. The molecule has 12 heavy (non-hydrogen) atoms. The Kier molecular flexibility index (Phi) is 1.65. The summed E-state index contributed by atoms with van der Waals surface area (Å²) in [7, 11) is 0. The van der Waals surface area contributed by atoms with Crippen LogP contribution in [0, 0.1) is 5.92 Å². The first-order valence-corrected chi connectivity index (χ1v) is 4.46. The Morgan fingerprint density at radius 2 is 2.25 bits per heavy atom. The van der Waals surface area contributed by atoms with Crippen LogP contribution in [0.15, 0.2) is 24.5 Å². The molecule has 1 aliphatic rings. The highest BCUT2D eigenvalue weighted by Gasteiger charge is 2.50. The molecule has 2 N–H and O–H groups in total. The summed E-state index contributed by atoms with van der Waals surface area (Å²) in [5.74, 6) is 0.680. The Morgan fingerprint density at radius 1 is 1.58 bits per heavy atom. The molecule has 1 fully saturated rings. The van der Waals surface area contributed by atoms with Gasteiger partial charge in [0.2, 0.25) is 0 Å². The first-order chi connectivity index (χ1) is 5.77. The van der Waals surface area contributed by atoms with Gasteiger partial charge in [0.25, 0.3) is 0 Å². The molecule has 2 nitrogen and oxygen atoms in total. The number of nitrogens with zero attached hydrogens (tertiary/aromatic N) is 1. The van der Waals surface area contributed by atoms with Crippen molar-refractivity contribution >= 4 is 0 Å². The van der Waals surface area contributed by atoms with Gasteiger partial charge in [0, 0.05) is 17.9 Å². The van der Waals surface area contributed by atoms with E-state index in [1.54, 1.807) is 0 Å². The van der Waals surface area contributed by atoms with E-state index in [0.717, 1.165) is 6.42 Å². The number of rotatable bonds is 2. The predicted octanol–water partition coefficient (Wildman–Crippen LogP) is 1.67. The van der Waals surface area contributed by atoms with Gasteiger partial charge in [-0.05, 0) is 30.0 Å². The van der Waals surface area contributed by atoms with Crippen molar-refractivity contribution in [1.29, 1.82) is 0 Å². The molecule has 1 aromatic heterocycles. The van der Waals surface area contributed by atoms with Crippen LogP contribution < -0.4 is 5.73 Å². The van der Waals surface area contributed by atoms with Crippen LogP contribution in [-0.2, 0) is 5.54 Å². The van der Waals surface area contributed by atoms with E-state index in [0.29, 0.717) is 5.92 Å². The summed E-state index contributed by atoms with van der Waals surface area (Å²) >= 11 is 0. The van der Waals surface area contributed by atoms with Crippen molar-refractivity contribution in [3.8, 4) is 0 Å². The highest BCUT2D eigenvalue weighted by atomic mass is 14.9. The number of hydrogen-bond donors (Lipinski definition) is 1. The van der Waals surface area contributed by atoms with Gasteiger partial charge in [-0.2, -0.15) is 0 Å². The number of nitrogens with two attached hydrogens (primary N) is 1. The molecular formula is C10H14N2. The lowest BCUT2D eigenvalue weighted by atomic mass is 10.0. The topological polar surface area (TPSA) is 38.9 Å². The summed E-state index contributed by atoms with van der Waals surface area (Å²) in [6.07, 6.45) is 5.94.